The Balaban J connectivity index is 2.92. The van der Waals surface area contributed by atoms with Gasteiger partial charge < -0.3 is 15.3 Å². The molecule has 0 spiro atoms. The molecular formula is C12H15N3O4. The Kier molecular flexibility index (Phi) is 4.57. The number of aryl methyl sites for hydroxylation is 1. The summed E-state index contributed by atoms with van der Waals surface area (Å²) in [5.74, 6) is -1.83. The van der Waals surface area contributed by atoms with E-state index in [1.54, 1.807) is 0 Å². The Hall–Kier alpha value is -2.44. The Labute approximate surface area is 110 Å². The molecule has 0 fully saturated rings. The van der Waals surface area contributed by atoms with Gasteiger partial charge >= 0.3 is 5.97 Å². The maximum Gasteiger partial charge on any atom is 0.337 e. The number of nitrogens with one attached hydrogen (secondary N) is 1. The van der Waals surface area contributed by atoms with Crippen molar-refractivity contribution in [3.63, 3.8) is 0 Å². The standard InChI is InChI=1S/C12H15N3O4/c1-7-8(12(18)19)4-5-9(14-7)11(17)15(3)6-10(16)13-2/h4-5H,6H2,1-3H3,(H,13,16)(H,18,19). The summed E-state index contributed by atoms with van der Waals surface area (Å²) in [7, 11) is 2.95. The molecule has 1 heterocycles. The number of hydrogen-bond acceptors (Lipinski definition) is 4. The minimum absolute atomic E-state index is 0.0468. The van der Waals surface area contributed by atoms with Crippen molar-refractivity contribution in [2.24, 2.45) is 0 Å². The molecule has 0 radical (unpaired) electrons. The number of amides is 2. The van der Waals surface area contributed by atoms with E-state index < -0.39 is 11.9 Å². The lowest BCUT2D eigenvalue weighted by Gasteiger charge is -2.15. The van der Waals surface area contributed by atoms with Crippen LogP contribution in [0, 0.1) is 6.92 Å². The molecule has 0 aliphatic carbocycles. The lowest BCUT2D eigenvalue weighted by molar-refractivity contribution is -0.121. The van der Waals surface area contributed by atoms with Crippen LogP contribution in [0.2, 0.25) is 0 Å². The summed E-state index contributed by atoms with van der Waals surface area (Å²) < 4.78 is 0. The first-order chi connectivity index (χ1) is 8.86. The van der Waals surface area contributed by atoms with Gasteiger partial charge in [-0.05, 0) is 19.1 Å². The number of carbonyl (C=O) groups is 3. The monoisotopic (exact) mass is 265 g/mol. The van der Waals surface area contributed by atoms with Crippen molar-refractivity contribution in [1.82, 2.24) is 15.2 Å². The van der Waals surface area contributed by atoms with Crippen LogP contribution >= 0.6 is 0 Å². The third-order valence-electron chi connectivity index (χ3n) is 2.54. The summed E-state index contributed by atoms with van der Waals surface area (Å²) in [6.45, 7) is 1.43. The number of aromatic nitrogens is 1. The molecule has 0 aromatic carbocycles. The summed E-state index contributed by atoms with van der Waals surface area (Å²) >= 11 is 0. The van der Waals surface area contributed by atoms with Crippen molar-refractivity contribution in [3.8, 4) is 0 Å². The van der Waals surface area contributed by atoms with Crippen molar-refractivity contribution in [2.75, 3.05) is 20.6 Å². The third-order valence-corrected chi connectivity index (χ3v) is 2.54. The van der Waals surface area contributed by atoms with E-state index in [0.717, 1.165) is 0 Å². The van der Waals surface area contributed by atoms with Gasteiger partial charge in [0.05, 0.1) is 17.8 Å². The number of hydrogen-bond donors (Lipinski definition) is 2. The van der Waals surface area contributed by atoms with Crippen LogP contribution in [0.1, 0.15) is 26.5 Å². The van der Waals surface area contributed by atoms with Crippen molar-refractivity contribution >= 4 is 17.8 Å². The molecule has 0 unspecified atom stereocenters. The average Bonchev–Trinajstić information content (AvgIpc) is 2.36. The number of carbonyl (C=O) groups excluding carboxylic acids is 2. The first-order valence-electron chi connectivity index (χ1n) is 5.53. The molecule has 2 amide bonds. The molecule has 0 atom stereocenters. The molecule has 0 aliphatic rings. The lowest BCUT2D eigenvalue weighted by atomic mass is 10.2. The van der Waals surface area contributed by atoms with E-state index in [1.165, 1.54) is 38.1 Å². The number of nitrogens with zero attached hydrogens (tertiary/aromatic N) is 2. The quantitative estimate of drug-likeness (QED) is 0.792. The molecule has 7 nitrogen and oxygen atoms in total. The van der Waals surface area contributed by atoms with Crippen LogP contribution in [0.3, 0.4) is 0 Å². The highest BCUT2D eigenvalue weighted by molar-refractivity contribution is 5.96. The Bertz CT molecular complexity index is 528. The predicted octanol–water partition coefficient (Wildman–Crippen LogP) is -0.0938. The van der Waals surface area contributed by atoms with E-state index in [-0.39, 0.29) is 29.4 Å². The van der Waals surface area contributed by atoms with E-state index in [9.17, 15) is 14.4 Å². The smallest absolute Gasteiger partial charge is 0.337 e. The predicted molar refractivity (Wildman–Crippen MR) is 67.0 cm³/mol. The first kappa shape index (κ1) is 14.6. The second-order valence-electron chi connectivity index (χ2n) is 3.97. The van der Waals surface area contributed by atoms with E-state index in [0.29, 0.717) is 0 Å². The van der Waals surface area contributed by atoms with Gasteiger partial charge in [-0.15, -0.1) is 0 Å². The van der Waals surface area contributed by atoms with Gasteiger partial charge in [0.1, 0.15) is 5.69 Å². The number of aromatic carboxylic acids is 1. The number of likely N-dealkylation sites (N-methyl/N-ethyl adjacent to an activating group) is 2. The minimum atomic E-state index is -1.09. The second-order valence-corrected chi connectivity index (χ2v) is 3.97. The van der Waals surface area contributed by atoms with Gasteiger partial charge in [0, 0.05) is 14.1 Å². The summed E-state index contributed by atoms with van der Waals surface area (Å²) in [4.78, 5) is 39.1. The third kappa shape index (κ3) is 3.51. The molecule has 1 rings (SSSR count). The summed E-state index contributed by atoms with van der Waals surface area (Å²) in [6.07, 6.45) is 0. The highest BCUT2D eigenvalue weighted by Crippen LogP contribution is 2.08. The lowest BCUT2D eigenvalue weighted by Crippen LogP contribution is -2.37. The topological polar surface area (TPSA) is 99.6 Å². The molecule has 7 heteroatoms. The van der Waals surface area contributed by atoms with Gasteiger partial charge in [-0.3, -0.25) is 9.59 Å². The van der Waals surface area contributed by atoms with Crippen LogP contribution < -0.4 is 5.32 Å². The van der Waals surface area contributed by atoms with Gasteiger partial charge in [-0.25, -0.2) is 9.78 Å². The molecule has 0 aliphatic heterocycles. The molecular weight excluding hydrogens is 250 g/mol. The Morgan fingerprint density at radius 2 is 2.00 bits per heavy atom. The van der Waals surface area contributed by atoms with E-state index in [1.807, 2.05) is 0 Å². The molecule has 1 aromatic heterocycles. The zero-order chi connectivity index (χ0) is 14.6. The molecule has 2 N–H and O–H groups in total. The highest BCUT2D eigenvalue weighted by Gasteiger charge is 2.17. The van der Waals surface area contributed by atoms with Crippen LogP contribution in [-0.4, -0.2) is 53.4 Å². The Morgan fingerprint density at radius 3 is 2.47 bits per heavy atom. The van der Waals surface area contributed by atoms with Gasteiger partial charge in [-0.1, -0.05) is 0 Å². The van der Waals surface area contributed by atoms with E-state index >= 15 is 0 Å². The fourth-order valence-electron chi connectivity index (χ4n) is 1.47. The zero-order valence-corrected chi connectivity index (χ0v) is 10.9. The largest absolute Gasteiger partial charge is 0.478 e. The molecule has 0 saturated heterocycles. The van der Waals surface area contributed by atoms with Crippen molar-refractivity contribution < 1.29 is 19.5 Å². The summed E-state index contributed by atoms with van der Waals surface area (Å²) in [5.41, 5.74) is 0.408. The van der Waals surface area contributed by atoms with Crippen LogP contribution in [0.4, 0.5) is 0 Å². The molecule has 1 aromatic rings. The maximum atomic E-state index is 12.0. The first-order valence-corrected chi connectivity index (χ1v) is 5.53. The molecule has 19 heavy (non-hydrogen) atoms. The number of carboxylic acids is 1. The molecule has 0 saturated carbocycles. The number of carboxylic acid groups (broad SMARTS) is 1. The van der Waals surface area contributed by atoms with E-state index in [4.69, 9.17) is 5.11 Å². The number of rotatable bonds is 4. The van der Waals surface area contributed by atoms with Gasteiger partial charge in [0.25, 0.3) is 5.91 Å². The van der Waals surface area contributed by atoms with Gasteiger partial charge in [-0.2, -0.15) is 0 Å². The van der Waals surface area contributed by atoms with Crippen molar-refractivity contribution in [3.05, 3.63) is 29.1 Å². The maximum absolute atomic E-state index is 12.0. The van der Waals surface area contributed by atoms with Crippen LogP contribution in [-0.2, 0) is 4.79 Å². The van der Waals surface area contributed by atoms with Gasteiger partial charge in [0.15, 0.2) is 0 Å². The Morgan fingerprint density at radius 1 is 1.37 bits per heavy atom. The molecule has 0 bridgehead atoms. The minimum Gasteiger partial charge on any atom is -0.478 e. The van der Waals surface area contributed by atoms with Crippen LogP contribution in [0.15, 0.2) is 12.1 Å². The summed E-state index contributed by atoms with van der Waals surface area (Å²) in [5, 5.41) is 11.3. The fraction of sp³-hybridized carbons (Fsp3) is 0.333. The summed E-state index contributed by atoms with van der Waals surface area (Å²) in [6, 6.07) is 2.66. The number of pyridine rings is 1. The normalized spacial score (nSPS) is 9.84. The van der Waals surface area contributed by atoms with E-state index in [2.05, 4.69) is 10.3 Å². The highest BCUT2D eigenvalue weighted by atomic mass is 16.4. The average molecular weight is 265 g/mol. The zero-order valence-electron chi connectivity index (χ0n) is 10.9. The molecule has 102 valence electrons. The van der Waals surface area contributed by atoms with Crippen LogP contribution in [0.5, 0.6) is 0 Å². The van der Waals surface area contributed by atoms with Gasteiger partial charge in [0.2, 0.25) is 5.91 Å². The fourth-order valence-corrected chi connectivity index (χ4v) is 1.47. The van der Waals surface area contributed by atoms with Crippen LogP contribution in [0.25, 0.3) is 0 Å². The van der Waals surface area contributed by atoms with Crippen molar-refractivity contribution in [2.45, 2.75) is 6.92 Å². The second kappa shape index (κ2) is 5.94. The SMILES string of the molecule is CNC(=O)CN(C)C(=O)c1ccc(C(=O)O)c(C)n1. The van der Waals surface area contributed by atoms with Crippen molar-refractivity contribution in [1.29, 1.82) is 0 Å².